The van der Waals surface area contributed by atoms with Crippen LogP contribution in [0, 0.1) is 5.41 Å². The molecule has 3 heteroatoms. The molecule has 0 aliphatic heterocycles. The Hall–Kier alpha value is -0.100. The van der Waals surface area contributed by atoms with E-state index in [0.717, 1.165) is 14.7 Å². The van der Waals surface area contributed by atoms with E-state index in [2.05, 4.69) is 6.92 Å². The van der Waals surface area contributed by atoms with Crippen LogP contribution < -0.4 is 0 Å². The van der Waals surface area contributed by atoms with Crippen LogP contribution in [-0.2, 0) is 9.53 Å². The molecular weight excluding hydrogens is 219 g/mol. The van der Waals surface area contributed by atoms with E-state index in [1.54, 1.807) is 0 Å². The molecule has 0 saturated carbocycles. The number of rotatable bonds is 8. The Kier molecular flexibility index (Phi) is 8.93. The van der Waals surface area contributed by atoms with Gasteiger partial charge in [-0.15, -0.1) is 8.58 Å². The molecule has 16 heavy (non-hydrogen) atoms. The van der Waals surface area contributed by atoms with Crippen molar-refractivity contribution in [3.05, 3.63) is 0 Å². The second kappa shape index (κ2) is 8.98. The third-order valence-corrected chi connectivity index (χ3v) is 3.60. The second-order valence-electron chi connectivity index (χ2n) is 5.20. The van der Waals surface area contributed by atoms with Gasteiger partial charge in [-0.2, -0.15) is 0 Å². The topological polar surface area (TPSA) is 26.3 Å². The lowest BCUT2D eigenvalue weighted by Gasteiger charge is -2.16. The monoisotopic (exact) mass is 246 g/mol. The molecule has 0 aromatic rings. The maximum atomic E-state index is 11.4. The molecule has 0 spiro atoms. The van der Waals surface area contributed by atoms with Gasteiger partial charge in [-0.05, 0) is 39.5 Å². The maximum Gasteiger partial charge on any atom is 0.311 e. The molecule has 0 aliphatic carbocycles. The van der Waals surface area contributed by atoms with Crippen LogP contribution in [0.3, 0.4) is 0 Å². The van der Waals surface area contributed by atoms with Gasteiger partial charge in [0.25, 0.3) is 0 Å². The van der Waals surface area contributed by atoms with E-state index in [-0.39, 0.29) is 11.4 Å². The van der Waals surface area contributed by atoms with Crippen molar-refractivity contribution in [2.75, 3.05) is 18.9 Å². The highest BCUT2D eigenvalue weighted by Gasteiger charge is 2.22. The number of carbonyl (C=O) groups excluding carboxylic acids is 1. The first-order valence-electron chi connectivity index (χ1n) is 6.36. The first-order chi connectivity index (χ1) is 7.48. The van der Waals surface area contributed by atoms with Gasteiger partial charge in [0, 0.05) is 0 Å². The normalized spacial score (nSPS) is 12.2. The van der Waals surface area contributed by atoms with Gasteiger partial charge in [0.2, 0.25) is 0 Å². The van der Waals surface area contributed by atoms with E-state index in [4.69, 9.17) is 4.74 Å². The SMILES string of the molecule is CCCCCCPCCOC(=O)C(C)(C)C. The Morgan fingerprint density at radius 2 is 1.81 bits per heavy atom. The van der Waals surface area contributed by atoms with Gasteiger partial charge >= 0.3 is 5.97 Å². The summed E-state index contributed by atoms with van der Waals surface area (Å²) in [5.74, 6) is -0.0803. The molecule has 0 aromatic carbocycles. The fourth-order valence-corrected chi connectivity index (χ4v) is 2.23. The Morgan fingerprint density at radius 1 is 1.12 bits per heavy atom. The van der Waals surface area contributed by atoms with E-state index in [1.807, 2.05) is 20.8 Å². The third-order valence-electron chi connectivity index (χ3n) is 2.33. The van der Waals surface area contributed by atoms with Crippen molar-refractivity contribution >= 4 is 14.6 Å². The van der Waals surface area contributed by atoms with Crippen molar-refractivity contribution < 1.29 is 9.53 Å². The molecule has 1 unspecified atom stereocenters. The maximum absolute atomic E-state index is 11.4. The van der Waals surface area contributed by atoms with Crippen LogP contribution in [0.1, 0.15) is 53.4 Å². The molecule has 0 heterocycles. The summed E-state index contributed by atoms with van der Waals surface area (Å²) >= 11 is 0. The molecule has 0 N–H and O–H groups in total. The number of hydrogen-bond acceptors (Lipinski definition) is 2. The van der Waals surface area contributed by atoms with E-state index < -0.39 is 0 Å². The molecule has 1 atom stereocenters. The summed E-state index contributed by atoms with van der Waals surface area (Å²) in [7, 11) is 0.949. The zero-order chi connectivity index (χ0) is 12.4. The summed E-state index contributed by atoms with van der Waals surface area (Å²) in [4.78, 5) is 11.4. The summed E-state index contributed by atoms with van der Waals surface area (Å²) in [6.45, 7) is 8.50. The summed E-state index contributed by atoms with van der Waals surface area (Å²) in [5, 5.41) is 0. The first-order valence-corrected chi connectivity index (χ1v) is 7.78. The van der Waals surface area contributed by atoms with Crippen LogP contribution in [0.2, 0.25) is 0 Å². The lowest BCUT2D eigenvalue weighted by Crippen LogP contribution is -2.23. The Labute approximate surface area is 102 Å². The fraction of sp³-hybridized carbons (Fsp3) is 0.923. The van der Waals surface area contributed by atoms with Crippen molar-refractivity contribution in [3.8, 4) is 0 Å². The number of ether oxygens (including phenoxy) is 1. The molecule has 0 rings (SSSR count). The third kappa shape index (κ3) is 9.15. The van der Waals surface area contributed by atoms with E-state index in [0.29, 0.717) is 6.61 Å². The van der Waals surface area contributed by atoms with Gasteiger partial charge in [0.05, 0.1) is 12.0 Å². The molecule has 0 aliphatic rings. The number of esters is 1. The van der Waals surface area contributed by atoms with Crippen LogP contribution in [0.15, 0.2) is 0 Å². The van der Waals surface area contributed by atoms with E-state index in [9.17, 15) is 4.79 Å². The molecule has 0 amide bonds. The minimum absolute atomic E-state index is 0.0803. The predicted octanol–water partition coefficient (Wildman–Crippen LogP) is 3.83. The molecule has 0 fully saturated rings. The standard InChI is InChI=1S/C13H27O2P/c1-5-6-7-8-10-16-11-9-15-12(14)13(2,3)4/h16H,5-11H2,1-4H3. The van der Waals surface area contributed by atoms with Gasteiger partial charge < -0.3 is 4.74 Å². The van der Waals surface area contributed by atoms with Gasteiger partial charge in [0.1, 0.15) is 0 Å². The van der Waals surface area contributed by atoms with Crippen LogP contribution in [-0.4, -0.2) is 24.9 Å². The molecule has 96 valence electrons. The van der Waals surface area contributed by atoms with Crippen molar-refractivity contribution in [1.29, 1.82) is 0 Å². The molecule has 0 aromatic heterocycles. The number of unbranched alkanes of at least 4 members (excludes halogenated alkanes) is 3. The van der Waals surface area contributed by atoms with Gasteiger partial charge in [-0.25, -0.2) is 0 Å². The van der Waals surface area contributed by atoms with Crippen LogP contribution in [0.5, 0.6) is 0 Å². The summed E-state index contributed by atoms with van der Waals surface area (Å²) < 4.78 is 5.20. The highest BCUT2D eigenvalue weighted by Crippen LogP contribution is 2.17. The first kappa shape index (κ1) is 15.9. The summed E-state index contributed by atoms with van der Waals surface area (Å²) in [6, 6.07) is 0. The van der Waals surface area contributed by atoms with Crippen molar-refractivity contribution in [1.82, 2.24) is 0 Å². The molecule has 2 nitrogen and oxygen atoms in total. The van der Waals surface area contributed by atoms with E-state index >= 15 is 0 Å². The zero-order valence-corrected chi connectivity index (χ0v) is 12.3. The Morgan fingerprint density at radius 3 is 2.38 bits per heavy atom. The Balaban J connectivity index is 3.25. The van der Waals surface area contributed by atoms with Crippen LogP contribution in [0.25, 0.3) is 0 Å². The summed E-state index contributed by atoms with van der Waals surface area (Å²) in [6.07, 6.45) is 7.67. The number of carbonyl (C=O) groups is 1. The highest BCUT2D eigenvalue weighted by molar-refractivity contribution is 7.37. The van der Waals surface area contributed by atoms with Crippen LogP contribution in [0.4, 0.5) is 0 Å². The molecular formula is C13H27O2P. The quantitative estimate of drug-likeness (QED) is 0.369. The predicted molar refractivity (Wildman–Crippen MR) is 72.6 cm³/mol. The van der Waals surface area contributed by atoms with Gasteiger partial charge in [-0.1, -0.05) is 26.2 Å². The minimum Gasteiger partial charge on any atom is -0.465 e. The number of hydrogen-bond donors (Lipinski definition) is 0. The molecule has 0 bridgehead atoms. The minimum atomic E-state index is -0.357. The van der Waals surface area contributed by atoms with Crippen molar-refractivity contribution in [2.24, 2.45) is 5.41 Å². The fourth-order valence-electron chi connectivity index (χ4n) is 1.23. The van der Waals surface area contributed by atoms with E-state index in [1.165, 1.54) is 31.8 Å². The smallest absolute Gasteiger partial charge is 0.311 e. The van der Waals surface area contributed by atoms with Crippen molar-refractivity contribution in [3.63, 3.8) is 0 Å². The summed E-state index contributed by atoms with van der Waals surface area (Å²) in [5.41, 5.74) is -0.357. The largest absolute Gasteiger partial charge is 0.465 e. The second-order valence-corrected chi connectivity index (χ2v) is 6.70. The average Bonchev–Trinajstić information content (AvgIpc) is 2.20. The molecule has 0 radical (unpaired) electrons. The van der Waals surface area contributed by atoms with Gasteiger partial charge in [-0.3, -0.25) is 4.79 Å². The lowest BCUT2D eigenvalue weighted by atomic mass is 9.97. The Bertz CT molecular complexity index is 185. The highest BCUT2D eigenvalue weighted by atomic mass is 31.1. The van der Waals surface area contributed by atoms with Crippen LogP contribution >= 0.6 is 8.58 Å². The molecule has 0 saturated heterocycles. The average molecular weight is 246 g/mol. The lowest BCUT2D eigenvalue weighted by molar-refractivity contribution is -0.152. The van der Waals surface area contributed by atoms with Gasteiger partial charge in [0.15, 0.2) is 0 Å². The zero-order valence-electron chi connectivity index (χ0n) is 11.3. The van der Waals surface area contributed by atoms with Crippen molar-refractivity contribution in [2.45, 2.75) is 53.4 Å².